The summed E-state index contributed by atoms with van der Waals surface area (Å²) in [6.07, 6.45) is 0. The Hall–Kier alpha value is -3.79. The number of fused-ring (bicyclic) bond motifs is 3. The van der Waals surface area contributed by atoms with E-state index in [-0.39, 0.29) is 0 Å². The lowest BCUT2D eigenvalue weighted by Gasteiger charge is -2.12. The highest BCUT2D eigenvalue weighted by Gasteiger charge is 2.19. The maximum atomic E-state index is 5.68. The van der Waals surface area contributed by atoms with Crippen LogP contribution in [0.15, 0.2) is 84.9 Å². The molecule has 142 valence electrons. The molecule has 5 rings (SSSR count). The molecule has 29 heavy (non-hydrogen) atoms. The maximum Gasteiger partial charge on any atom is 0.168 e. The second-order valence-corrected chi connectivity index (χ2v) is 6.82. The fraction of sp³-hybridized carbons (Fsp3) is 0.0800. The van der Waals surface area contributed by atoms with E-state index in [9.17, 15) is 0 Å². The van der Waals surface area contributed by atoms with Crippen molar-refractivity contribution in [2.75, 3.05) is 14.2 Å². The highest BCUT2D eigenvalue weighted by molar-refractivity contribution is 6.12. The van der Waals surface area contributed by atoms with Gasteiger partial charge >= 0.3 is 0 Å². The van der Waals surface area contributed by atoms with Crippen molar-refractivity contribution in [3.63, 3.8) is 0 Å². The molecule has 0 spiro atoms. The Morgan fingerprint density at radius 1 is 0.655 bits per heavy atom. The Morgan fingerprint density at radius 3 is 2.00 bits per heavy atom. The number of rotatable bonds is 4. The molecule has 0 saturated heterocycles. The van der Waals surface area contributed by atoms with E-state index in [2.05, 4.69) is 42.5 Å². The van der Waals surface area contributed by atoms with Crippen molar-refractivity contribution in [2.45, 2.75) is 0 Å². The molecule has 0 aliphatic heterocycles. The average molecular weight is 380 g/mol. The van der Waals surface area contributed by atoms with E-state index >= 15 is 0 Å². The van der Waals surface area contributed by atoms with Gasteiger partial charge in [-0.25, -0.2) is 4.68 Å². The van der Waals surface area contributed by atoms with Crippen molar-refractivity contribution in [3.8, 4) is 28.4 Å². The second kappa shape index (κ2) is 6.99. The maximum absolute atomic E-state index is 5.68. The van der Waals surface area contributed by atoms with Crippen LogP contribution in [-0.4, -0.2) is 24.0 Å². The van der Waals surface area contributed by atoms with Gasteiger partial charge in [0, 0.05) is 21.7 Å². The van der Waals surface area contributed by atoms with Crippen LogP contribution >= 0.6 is 0 Å². The standard InChI is InChI=1S/C25H20N2O2/c1-28-22-16-15-19-20(25(22)29-2)13-14-21-23(17-9-5-3-6-10-17)26-27(24(19)21)18-11-7-4-8-12-18/h3-16H,1-2H3. The highest BCUT2D eigenvalue weighted by atomic mass is 16.5. The molecule has 0 aliphatic carbocycles. The lowest BCUT2D eigenvalue weighted by atomic mass is 10.0. The molecule has 5 aromatic rings. The van der Waals surface area contributed by atoms with Gasteiger partial charge in [0.15, 0.2) is 11.5 Å². The summed E-state index contributed by atoms with van der Waals surface area (Å²) in [5.41, 5.74) is 4.11. The molecule has 4 nitrogen and oxygen atoms in total. The Morgan fingerprint density at radius 2 is 1.31 bits per heavy atom. The third kappa shape index (κ3) is 2.72. The lowest BCUT2D eigenvalue weighted by molar-refractivity contribution is 0.358. The summed E-state index contributed by atoms with van der Waals surface area (Å²) in [6.45, 7) is 0. The molecule has 0 bridgehead atoms. The number of aromatic nitrogens is 2. The van der Waals surface area contributed by atoms with Crippen LogP contribution in [0, 0.1) is 0 Å². The molecule has 0 aliphatic rings. The third-order valence-electron chi connectivity index (χ3n) is 5.23. The highest BCUT2D eigenvalue weighted by Crippen LogP contribution is 2.41. The van der Waals surface area contributed by atoms with Gasteiger partial charge in [0.1, 0.15) is 5.69 Å². The summed E-state index contributed by atoms with van der Waals surface area (Å²) < 4.78 is 13.2. The summed E-state index contributed by atoms with van der Waals surface area (Å²) in [6, 6.07) is 28.7. The van der Waals surface area contributed by atoms with Crippen LogP contribution in [0.1, 0.15) is 0 Å². The van der Waals surface area contributed by atoms with Crippen LogP contribution in [0.4, 0.5) is 0 Å². The fourth-order valence-electron chi connectivity index (χ4n) is 3.90. The normalized spacial score (nSPS) is 11.1. The SMILES string of the molecule is COc1ccc2c(ccc3c(-c4ccccc4)nn(-c4ccccc4)c32)c1OC. The van der Waals surface area contributed by atoms with E-state index in [0.29, 0.717) is 5.75 Å². The van der Waals surface area contributed by atoms with Gasteiger partial charge in [-0.1, -0.05) is 48.5 Å². The van der Waals surface area contributed by atoms with Gasteiger partial charge < -0.3 is 9.47 Å². The molecular weight excluding hydrogens is 360 g/mol. The van der Waals surface area contributed by atoms with E-state index in [1.807, 2.05) is 47.1 Å². The molecule has 0 N–H and O–H groups in total. The van der Waals surface area contributed by atoms with E-state index in [1.54, 1.807) is 14.2 Å². The number of methoxy groups -OCH3 is 2. The predicted octanol–water partition coefficient (Wildman–Crippen LogP) is 5.86. The van der Waals surface area contributed by atoms with Gasteiger partial charge in [-0.15, -0.1) is 0 Å². The zero-order valence-corrected chi connectivity index (χ0v) is 16.3. The monoisotopic (exact) mass is 380 g/mol. The molecule has 1 aromatic heterocycles. The van der Waals surface area contributed by atoms with Crippen LogP contribution in [0.2, 0.25) is 0 Å². The number of hydrogen-bond acceptors (Lipinski definition) is 3. The van der Waals surface area contributed by atoms with Crippen molar-refractivity contribution in [1.29, 1.82) is 0 Å². The largest absolute Gasteiger partial charge is 0.493 e. The minimum Gasteiger partial charge on any atom is -0.493 e. The molecule has 4 aromatic carbocycles. The summed E-state index contributed by atoms with van der Waals surface area (Å²) in [5, 5.41) is 8.18. The van der Waals surface area contributed by atoms with Gasteiger partial charge in [-0.2, -0.15) is 5.10 Å². The minimum absolute atomic E-state index is 0.716. The first-order chi connectivity index (χ1) is 14.3. The minimum atomic E-state index is 0.716. The van der Waals surface area contributed by atoms with Crippen molar-refractivity contribution >= 4 is 21.7 Å². The Bertz CT molecular complexity index is 1310. The first kappa shape index (κ1) is 17.3. The summed E-state index contributed by atoms with van der Waals surface area (Å²) >= 11 is 0. The lowest BCUT2D eigenvalue weighted by Crippen LogP contribution is -1.97. The van der Waals surface area contributed by atoms with Crippen molar-refractivity contribution in [3.05, 3.63) is 84.9 Å². The molecule has 1 heterocycles. The van der Waals surface area contributed by atoms with Crippen LogP contribution in [0.25, 0.3) is 38.6 Å². The van der Waals surface area contributed by atoms with E-state index in [1.165, 1.54) is 0 Å². The molecule has 0 radical (unpaired) electrons. The molecule has 0 amide bonds. The van der Waals surface area contributed by atoms with Gasteiger partial charge in [-0.05, 0) is 36.4 Å². The zero-order valence-electron chi connectivity index (χ0n) is 16.3. The number of benzene rings is 4. The molecule has 0 saturated carbocycles. The van der Waals surface area contributed by atoms with Crippen molar-refractivity contribution < 1.29 is 9.47 Å². The summed E-state index contributed by atoms with van der Waals surface area (Å²) in [5.74, 6) is 1.45. The molecule has 0 fully saturated rings. The fourth-order valence-corrected chi connectivity index (χ4v) is 3.90. The topological polar surface area (TPSA) is 36.3 Å². The number of ether oxygens (including phenoxy) is 2. The van der Waals surface area contributed by atoms with Gasteiger partial charge in [0.25, 0.3) is 0 Å². The van der Waals surface area contributed by atoms with Crippen LogP contribution in [0.5, 0.6) is 11.5 Å². The molecule has 0 unspecified atom stereocenters. The van der Waals surface area contributed by atoms with E-state index < -0.39 is 0 Å². The summed E-state index contributed by atoms with van der Waals surface area (Å²) in [4.78, 5) is 0. The zero-order chi connectivity index (χ0) is 19.8. The van der Waals surface area contributed by atoms with Crippen LogP contribution in [0.3, 0.4) is 0 Å². The van der Waals surface area contributed by atoms with E-state index in [0.717, 1.165) is 44.4 Å². The van der Waals surface area contributed by atoms with Gasteiger partial charge in [-0.3, -0.25) is 0 Å². The van der Waals surface area contributed by atoms with Gasteiger partial charge in [0.05, 0.1) is 25.4 Å². The Balaban J connectivity index is 1.92. The Kier molecular flexibility index (Phi) is 4.17. The quantitative estimate of drug-likeness (QED) is 0.392. The second-order valence-electron chi connectivity index (χ2n) is 6.82. The molecule has 4 heteroatoms. The number of nitrogens with zero attached hydrogens (tertiary/aromatic N) is 2. The molecule has 0 atom stereocenters. The van der Waals surface area contributed by atoms with Gasteiger partial charge in [0.2, 0.25) is 0 Å². The first-order valence-corrected chi connectivity index (χ1v) is 9.49. The number of hydrogen-bond donors (Lipinski definition) is 0. The van der Waals surface area contributed by atoms with Crippen LogP contribution in [-0.2, 0) is 0 Å². The predicted molar refractivity (Wildman–Crippen MR) is 117 cm³/mol. The Labute approximate surface area is 168 Å². The first-order valence-electron chi connectivity index (χ1n) is 9.49. The van der Waals surface area contributed by atoms with Crippen LogP contribution < -0.4 is 9.47 Å². The van der Waals surface area contributed by atoms with E-state index in [4.69, 9.17) is 14.6 Å². The summed E-state index contributed by atoms with van der Waals surface area (Å²) in [7, 11) is 3.33. The smallest absolute Gasteiger partial charge is 0.168 e. The average Bonchev–Trinajstić information content (AvgIpc) is 3.19. The van der Waals surface area contributed by atoms with Crippen molar-refractivity contribution in [1.82, 2.24) is 9.78 Å². The molecular formula is C25H20N2O2. The third-order valence-corrected chi connectivity index (χ3v) is 5.23. The number of para-hydroxylation sites is 1. The van der Waals surface area contributed by atoms with Crippen molar-refractivity contribution in [2.24, 2.45) is 0 Å².